The van der Waals surface area contributed by atoms with Crippen LogP contribution in [0.4, 0.5) is 5.69 Å². The molecule has 0 unspecified atom stereocenters. The van der Waals surface area contributed by atoms with Crippen molar-refractivity contribution < 1.29 is 19.1 Å². The zero-order valence-electron chi connectivity index (χ0n) is 15.2. The van der Waals surface area contributed by atoms with Crippen LogP contribution in [-0.2, 0) is 14.4 Å². The number of hydrogen-bond donors (Lipinski definition) is 2. The Kier molecular flexibility index (Phi) is 5.89. The monoisotopic (exact) mass is 393 g/mol. The fourth-order valence-corrected chi connectivity index (χ4v) is 4.05. The number of ether oxygens (including phenoxy) is 1. The van der Waals surface area contributed by atoms with Gasteiger partial charge in [0.2, 0.25) is 17.7 Å². The molecule has 0 aromatic heterocycles. The van der Waals surface area contributed by atoms with Gasteiger partial charge in [-0.25, -0.2) is 0 Å². The second kappa shape index (κ2) is 8.17. The molecule has 1 saturated carbocycles. The van der Waals surface area contributed by atoms with E-state index < -0.39 is 5.92 Å². The summed E-state index contributed by atoms with van der Waals surface area (Å²) in [6.45, 7) is 0.271. The fraction of sp³-hybridized carbons (Fsp3) is 0.526. The van der Waals surface area contributed by atoms with Gasteiger partial charge in [0.1, 0.15) is 5.75 Å². The first-order chi connectivity index (χ1) is 12.9. The Morgan fingerprint density at radius 3 is 2.78 bits per heavy atom. The molecule has 1 aromatic rings. The van der Waals surface area contributed by atoms with Crippen LogP contribution in [0.5, 0.6) is 5.75 Å². The molecule has 0 spiro atoms. The second-order valence-electron chi connectivity index (χ2n) is 7.19. The van der Waals surface area contributed by atoms with Gasteiger partial charge in [0.15, 0.2) is 0 Å². The van der Waals surface area contributed by atoms with Crippen molar-refractivity contribution in [1.29, 1.82) is 0 Å². The molecule has 8 heteroatoms. The number of primary amides is 1. The van der Waals surface area contributed by atoms with Gasteiger partial charge < -0.3 is 20.7 Å². The number of nitrogens with two attached hydrogens (primary N) is 1. The molecule has 1 heterocycles. The molecule has 7 nitrogen and oxygen atoms in total. The molecule has 1 saturated heterocycles. The highest BCUT2D eigenvalue weighted by Crippen LogP contribution is 2.35. The minimum atomic E-state index is -0.449. The first kappa shape index (κ1) is 19.5. The standard InChI is InChI=1S/C19H24ClN3O4/c1-27-16-6-5-13(20)9-15(16)23-10-12(8-17(23)24)19(26)22-14-4-2-3-11(7-14)18(21)25/h5-6,9,11-12,14H,2-4,7-8,10H2,1H3,(H2,21,25)(H,22,26)/t11-,12+,14+/m0/s1. The third-order valence-electron chi connectivity index (χ3n) is 5.35. The molecular formula is C19H24ClN3O4. The molecule has 1 aliphatic heterocycles. The smallest absolute Gasteiger partial charge is 0.227 e. The maximum Gasteiger partial charge on any atom is 0.227 e. The number of carbonyl (C=O) groups excluding carboxylic acids is 3. The van der Waals surface area contributed by atoms with Crippen LogP contribution in [0, 0.1) is 11.8 Å². The fourth-order valence-electron chi connectivity index (χ4n) is 3.89. The number of nitrogens with zero attached hydrogens (tertiary/aromatic N) is 1. The molecule has 2 fully saturated rings. The van der Waals surface area contributed by atoms with Crippen LogP contribution in [0.1, 0.15) is 32.1 Å². The lowest BCUT2D eigenvalue weighted by Gasteiger charge is -2.28. The molecule has 27 heavy (non-hydrogen) atoms. The maximum atomic E-state index is 12.7. The summed E-state index contributed by atoms with van der Waals surface area (Å²) >= 11 is 6.06. The van der Waals surface area contributed by atoms with Crippen LogP contribution in [0.15, 0.2) is 18.2 Å². The number of anilines is 1. The zero-order valence-corrected chi connectivity index (χ0v) is 16.0. The molecule has 1 aromatic carbocycles. The van der Waals surface area contributed by atoms with Gasteiger partial charge >= 0.3 is 0 Å². The van der Waals surface area contributed by atoms with E-state index in [9.17, 15) is 14.4 Å². The Morgan fingerprint density at radius 2 is 2.07 bits per heavy atom. The minimum absolute atomic E-state index is 0.0754. The van der Waals surface area contributed by atoms with E-state index in [1.807, 2.05) is 0 Å². The molecular weight excluding hydrogens is 370 g/mol. The quantitative estimate of drug-likeness (QED) is 0.797. The number of benzene rings is 1. The van der Waals surface area contributed by atoms with Crippen molar-refractivity contribution in [2.75, 3.05) is 18.6 Å². The van der Waals surface area contributed by atoms with Gasteiger partial charge in [-0.2, -0.15) is 0 Å². The lowest BCUT2D eigenvalue weighted by atomic mass is 9.85. The van der Waals surface area contributed by atoms with Gasteiger partial charge in [-0.15, -0.1) is 0 Å². The van der Waals surface area contributed by atoms with Gasteiger partial charge in [-0.05, 0) is 37.5 Å². The average Bonchev–Trinajstić information content (AvgIpc) is 3.03. The van der Waals surface area contributed by atoms with Crippen molar-refractivity contribution in [3.8, 4) is 5.75 Å². The van der Waals surface area contributed by atoms with Gasteiger partial charge in [-0.3, -0.25) is 14.4 Å². The lowest BCUT2D eigenvalue weighted by Crippen LogP contribution is -2.44. The van der Waals surface area contributed by atoms with E-state index in [2.05, 4.69) is 5.32 Å². The largest absolute Gasteiger partial charge is 0.495 e. The molecule has 1 aliphatic carbocycles. The summed E-state index contributed by atoms with van der Waals surface area (Å²) in [6, 6.07) is 4.97. The van der Waals surface area contributed by atoms with Gasteiger partial charge in [0.05, 0.1) is 18.7 Å². The summed E-state index contributed by atoms with van der Waals surface area (Å²) in [4.78, 5) is 38.1. The van der Waals surface area contributed by atoms with E-state index in [-0.39, 0.29) is 42.6 Å². The van der Waals surface area contributed by atoms with Crippen LogP contribution in [-0.4, -0.2) is 37.4 Å². The molecule has 3 amide bonds. The molecule has 146 valence electrons. The van der Waals surface area contributed by atoms with Crippen LogP contribution in [0.2, 0.25) is 5.02 Å². The van der Waals surface area contributed by atoms with Gasteiger partial charge in [0.25, 0.3) is 0 Å². The Balaban J connectivity index is 1.66. The Bertz CT molecular complexity index is 754. The molecule has 0 radical (unpaired) electrons. The number of methoxy groups -OCH3 is 1. The maximum absolute atomic E-state index is 12.7. The van der Waals surface area contributed by atoms with Crippen molar-refractivity contribution in [2.24, 2.45) is 17.6 Å². The van der Waals surface area contributed by atoms with Crippen molar-refractivity contribution >= 4 is 35.0 Å². The number of amides is 3. The van der Waals surface area contributed by atoms with E-state index in [0.29, 0.717) is 22.9 Å². The highest BCUT2D eigenvalue weighted by Gasteiger charge is 2.37. The first-order valence-corrected chi connectivity index (χ1v) is 9.50. The number of hydrogen-bond acceptors (Lipinski definition) is 4. The topological polar surface area (TPSA) is 102 Å². The number of halogens is 1. The third kappa shape index (κ3) is 4.35. The summed E-state index contributed by atoms with van der Waals surface area (Å²) in [5.41, 5.74) is 5.96. The lowest BCUT2D eigenvalue weighted by molar-refractivity contribution is -0.128. The molecule has 3 rings (SSSR count). The predicted molar refractivity (Wildman–Crippen MR) is 102 cm³/mol. The summed E-state index contributed by atoms with van der Waals surface area (Å²) < 4.78 is 5.32. The Hall–Kier alpha value is -2.28. The van der Waals surface area contributed by atoms with Crippen LogP contribution >= 0.6 is 11.6 Å². The highest BCUT2D eigenvalue weighted by molar-refractivity contribution is 6.31. The average molecular weight is 394 g/mol. The van der Waals surface area contributed by atoms with E-state index in [1.165, 1.54) is 7.11 Å². The minimum Gasteiger partial charge on any atom is -0.495 e. The normalized spacial score (nSPS) is 25.3. The van der Waals surface area contributed by atoms with E-state index in [0.717, 1.165) is 19.3 Å². The first-order valence-electron chi connectivity index (χ1n) is 9.12. The Morgan fingerprint density at radius 1 is 1.30 bits per heavy atom. The summed E-state index contributed by atoms with van der Waals surface area (Å²) in [5, 5.41) is 3.49. The molecule has 2 aliphatic rings. The zero-order chi connectivity index (χ0) is 19.6. The van der Waals surface area contributed by atoms with Gasteiger partial charge in [-0.1, -0.05) is 18.0 Å². The second-order valence-corrected chi connectivity index (χ2v) is 7.63. The number of carbonyl (C=O) groups is 3. The highest BCUT2D eigenvalue weighted by atomic mass is 35.5. The van der Waals surface area contributed by atoms with Crippen molar-refractivity contribution in [1.82, 2.24) is 5.32 Å². The van der Waals surface area contributed by atoms with Crippen molar-refractivity contribution in [3.05, 3.63) is 23.2 Å². The summed E-state index contributed by atoms with van der Waals surface area (Å²) in [7, 11) is 1.52. The summed E-state index contributed by atoms with van der Waals surface area (Å²) in [6.07, 6.45) is 3.14. The van der Waals surface area contributed by atoms with Crippen molar-refractivity contribution in [3.63, 3.8) is 0 Å². The number of nitrogens with one attached hydrogen (secondary N) is 1. The van der Waals surface area contributed by atoms with Crippen LogP contribution in [0.3, 0.4) is 0 Å². The van der Waals surface area contributed by atoms with E-state index >= 15 is 0 Å². The predicted octanol–water partition coefficient (Wildman–Crippen LogP) is 1.86. The molecule has 0 bridgehead atoms. The van der Waals surface area contributed by atoms with E-state index in [4.69, 9.17) is 22.1 Å². The van der Waals surface area contributed by atoms with Gasteiger partial charge in [0, 0.05) is 29.9 Å². The molecule has 3 N–H and O–H groups in total. The molecule has 3 atom stereocenters. The Labute approximate surface area is 163 Å². The van der Waals surface area contributed by atoms with E-state index in [1.54, 1.807) is 23.1 Å². The van der Waals surface area contributed by atoms with Crippen LogP contribution < -0.4 is 20.7 Å². The number of rotatable bonds is 5. The van der Waals surface area contributed by atoms with Crippen molar-refractivity contribution in [2.45, 2.75) is 38.1 Å². The van der Waals surface area contributed by atoms with Crippen LogP contribution in [0.25, 0.3) is 0 Å². The summed E-state index contributed by atoms with van der Waals surface area (Å²) in [5.74, 6) is -0.734. The third-order valence-corrected chi connectivity index (χ3v) is 5.59. The SMILES string of the molecule is COc1ccc(Cl)cc1N1C[C@H](C(=O)N[C@@H]2CCC[C@H](C(N)=O)C2)CC1=O.